The van der Waals surface area contributed by atoms with Gasteiger partial charge in [-0.25, -0.2) is 0 Å². The van der Waals surface area contributed by atoms with Gasteiger partial charge in [-0.1, -0.05) is 23.4 Å². The molecule has 1 saturated heterocycles. The zero-order valence-corrected chi connectivity index (χ0v) is 13.9. The van der Waals surface area contributed by atoms with Gasteiger partial charge in [0.2, 0.25) is 11.8 Å². The van der Waals surface area contributed by atoms with Crippen LogP contribution in [0.1, 0.15) is 36.0 Å². The number of nitrogens with zero attached hydrogens (tertiary/aromatic N) is 4. The number of aromatic nitrogens is 2. The second kappa shape index (κ2) is 6.36. The van der Waals surface area contributed by atoms with E-state index >= 15 is 0 Å². The van der Waals surface area contributed by atoms with Crippen molar-refractivity contribution in [2.24, 2.45) is 0 Å². The summed E-state index contributed by atoms with van der Waals surface area (Å²) in [4.78, 5) is 21.2. The van der Waals surface area contributed by atoms with Crippen molar-refractivity contribution < 1.29 is 9.32 Å². The lowest BCUT2D eigenvalue weighted by Gasteiger charge is -2.31. The Balaban J connectivity index is 1.33. The van der Waals surface area contributed by atoms with Gasteiger partial charge in [0.05, 0.1) is 6.54 Å². The molecule has 4 rings (SSSR count). The number of benzene rings is 1. The highest BCUT2D eigenvalue weighted by Crippen LogP contribution is 2.29. The molecule has 0 atom stereocenters. The van der Waals surface area contributed by atoms with Crippen LogP contribution in [0.25, 0.3) is 0 Å². The molecule has 0 saturated carbocycles. The molecule has 0 N–H and O–H groups in total. The summed E-state index contributed by atoms with van der Waals surface area (Å²) in [5.74, 6) is 1.96. The van der Waals surface area contributed by atoms with Crippen molar-refractivity contribution in [2.45, 2.75) is 32.1 Å². The van der Waals surface area contributed by atoms with Crippen LogP contribution < -0.4 is 4.90 Å². The van der Waals surface area contributed by atoms with E-state index in [1.807, 2.05) is 30.0 Å². The second-order valence-corrected chi connectivity index (χ2v) is 6.65. The number of aryl methyl sites for hydroxylation is 1. The summed E-state index contributed by atoms with van der Waals surface area (Å²) >= 11 is 0. The standard InChI is InChI=1S/C18H22N4O2/c1-13-19-18(24-20-13)15-6-9-21(10-7-15)12-17(23)22-11-8-14-4-2-3-5-16(14)22/h2-5,15H,6-12H2,1H3. The maximum atomic E-state index is 12.7. The van der Waals surface area contributed by atoms with Gasteiger partial charge >= 0.3 is 0 Å². The maximum absolute atomic E-state index is 12.7. The Morgan fingerprint density at radius 1 is 1.25 bits per heavy atom. The Bertz CT molecular complexity index is 734. The minimum absolute atomic E-state index is 0.201. The number of likely N-dealkylation sites (tertiary alicyclic amines) is 1. The fourth-order valence-corrected chi connectivity index (χ4v) is 3.69. The number of anilines is 1. The smallest absolute Gasteiger partial charge is 0.241 e. The van der Waals surface area contributed by atoms with Crippen molar-refractivity contribution in [3.63, 3.8) is 0 Å². The van der Waals surface area contributed by atoms with E-state index in [9.17, 15) is 4.79 Å². The largest absolute Gasteiger partial charge is 0.339 e. The topological polar surface area (TPSA) is 62.5 Å². The predicted molar refractivity (Wildman–Crippen MR) is 89.9 cm³/mol. The van der Waals surface area contributed by atoms with E-state index in [-0.39, 0.29) is 5.91 Å². The molecule has 0 radical (unpaired) electrons. The average Bonchev–Trinajstić information content (AvgIpc) is 3.22. The number of para-hydroxylation sites is 1. The van der Waals surface area contributed by atoms with Gasteiger partial charge < -0.3 is 9.42 Å². The predicted octanol–water partition coefficient (Wildman–Crippen LogP) is 2.15. The first-order valence-corrected chi connectivity index (χ1v) is 8.61. The molecule has 1 aromatic heterocycles. The highest BCUT2D eigenvalue weighted by atomic mass is 16.5. The van der Waals surface area contributed by atoms with E-state index < -0.39 is 0 Å². The number of piperidine rings is 1. The molecule has 2 aromatic rings. The maximum Gasteiger partial charge on any atom is 0.241 e. The number of rotatable bonds is 3. The summed E-state index contributed by atoms with van der Waals surface area (Å²) in [5.41, 5.74) is 2.36. The molecule has 0 spiro atoms. The van der Waals surface area contributed by atoms with Crippen molar-refractivity contribution in [1.29, 1.82) is 0 Å². The van der Waals surface area contributed by atoms with Crippen molar-refractivity contribution in [3.05, 3.63) is 41.5 Å². The molecule has 2 aliphatic rings. The van der Waals surface area contributed by atoms with Crippen LogP contribution in [0.5, 0.6) is 0 Å². The van der Waals surface area contributed by atoms with Crippen molar-refractivity contribution in [3.8, 4) is 0 Å². The number of hydrogen-bond donors (Lipinski definition) is 0. The normalized spacial score (nSPS) is 18.8. The van der Waals surface area contributed by atoms with Gasteiger partial charge in [-0.15, -0.1) is 0 Å². The molecular weight excluding hydrogens is 304 g/mol. The van der Waals surface area contributed by atoms with E-state index in [1.54, 1.807) is 0 Å². The van der Waals surface area contributed by atoms with Crippen LogP contribution in [-0.4, -0.2) is 47.1 Å². The molecule has 1 amide bonds. The SMILES string of the molecule is Cc1noc(C2CCN(CC(=O)N3CCc4ccccc43)CC2)n1. The molecule has 0 bridgehead atoms. The molecule has 3 heterocycles. The highest BCUT2D eigenvalue weighted by Gasteiger charge is 2.29. The van der Waals surface area contributed by atoms with Crippen molar-refractivity contribution in [1.82, 2.24) is 15.0 Å². The van der Waals surface area contributed by atoms with Gasteiger partial charge in [-0.05, 0) is 50.9 Å². The summed E-state index contributed by atoms with van der Waals surface area (Å²) < 4.78 is 5.29. The van der Waals surface area contributed by atoms with Crippen LogP contribution in [0.15, 0.2) is 28.8 Å². The average molecular weight is 326 g/mol. The van der Waals surface area contributed by atoms with Gasteiger partial charge in [0.25, 0.3) is 0 Å². The van der Waals surface area contributed by atoms with E-state index in [2.05, 4.69) is 21.1 Å². The molecule has 0 aliphatic carbocycles. The Kier molecular flexibility index (Phi) is 4.06. The van der Waals surface area contributed by atoms with Crippen LogP contribution in [0.3, 0.4) is 0 Å². The van der Waals surface area contributed by atoms with Gasteiger partial charge in [-0.3, -0.25) is 9.69 Å². The Morgan fingerprint density at radius 3 is 2.79 bits per heavy atom. The van der Waals surface area contributed by atoms with E-state index in [0.29, 0.717) is 18.3 Å². The summed E-state index contributed by atoms with van der Waals surface area (Å²) in [5, 5.41) is 3.87. The summed E-state index contributed by atoms with van der Waals surface area (Å²) in [6.07, 6.45) is 2.89. The van der Waals surface area contributed by atoms with Crippen molar-refractivity contribution >= 4 is 11.6 Å². The molecule has 1 fully saturated rings. The highest BCUT2D eigenvalue weighted by molar-refractivity contribution is 5.96. The fraction of sp³-hybridized carbons (Fsp3) is 0.500. The Labute approximate surface area is 141 Å². The third-order valence-electron chi connectivity index (χ3n) is 5.03. The Morgan fingerprint density at radius 2 is 2.04 bits per heavy atom. The van der Waals surface area contributed by atoms with Gasteiger partial charge in [0.1, 0.15) is 0 Å². The zero-order valence-electron chi connectivity index (χ0n) is 13.9. The third-order valence-corrected chi connectivity index (χ3v) is 5.03. The second-order valence-electron chi connectivity index (χ2n) is 6.65. The molecule has 6 nitrogen and oxygen atoms in total. The van der Waals surface area contributed by atoms with Crippen molar-refractivity contribution in [2.75, 3.05) is 31.1 Å². The van der Waals surface area contributed by atoms with Gasteiger partial charge in [0.15, 0.2) is 5.82 Å². The molecule has 24 heavy (non-hydrogen) atoms. The van der Waals surface area contributed by atoms with Crippen LogP contribution in [0.4, 0.5) is 5.69 Å². The first kappa shape index (κ1) is 15.3. The van der Waals surface area contributed by atoms with Crippen LogP contribution in [-0.2, 0) is 11.2 Å². The number of amides is 1. The van der Waals surface area contributed by atoms with Crippen LogP contribution in [0.2, 0.25) is 0 Å². The van der Waals surface area contributed by atoms with Crippen LogP contribution in [0, 0.1) is 6.92 Å². The molecule has 0 unspecified atom stereocenters. The van der Waals surface area contributed by atoms with Crippen LogP contribution >= 0.6 is 0 Å². The fourth-order valence-electron chi connectivity index (χ4n) is 3.69. The minimum atomic E-state index is 0.201. The number of hydrogen-bond acceptors (Lipinski definition) is 5. The molecular formula is C18H22N4O2. The summed E-state index contributed by atoms with van der Waals surface area (Å²) in [7, 11) is 0. The van der Waals surface area contributed by atoms with E-state index in [0.717, 1.165) is 50.5 Å². The van der Waals surface area contributed by atoms with Gasteiger partial charge in [-0.2, -0.15) is 4.98 Å². The number of carbonyl (C=O) groups excluding carboxylic acids is 1. The molecule has 1 aromatic carbocycles. The molecule has 6 heteroatoms. The third kappa shape index (κ3) is 2.94. The van der Waals surface area contributed by atoms with E-state index in [4.69, 9.17) is 4.52 Å². The minimum Gasteiger partial charge on any atom is -0.339 e. The van der Waals surface area contributed by atoms with Gasteiger partial charge in [0, 0.05) is 18.2 Å². The lowest BCUT2D eigenvalue weighted by molar-refractivity contribution is -0.119. The summed E-state index contributed by atoms with van der Waals surface area (Å²) in [6, 6.07) is 8.20. The molecule has 2 aliphatic heterocycles. The number of fused-ring (bicyclic) bond motifs is 1. The van der Waals surface area contributed by atoms with E-state index in [1.165, 1.54) is 5.56 Å². The first-order chi connectivity index (χ1) is 11.7. The quantitative estimate of drug-likeness (QED) is 0.865. The zero-order chi connectivity index (χ0) is 16.5. The molecule has 126 valence electrons. The summed E-state index contributed by atoms with van der Waals surface area (Å²) in [6.45, 7) is 4.93. The lowest BCUT2D eigenvalue weighted by atomic mass is 9.97. The monoisotopic (exact) mass is 326 g/mol. The number of carbonyl (C=O) groups is 1. The lowest BCUT2D eigenvalue weighted by Crippen LogP contribution is -2.42. The Hall–Kier alpha value is -2.21. The first-order valence-electron chi connectivity index (χ1n) is 8.61.